The van der Waals surface area contributed by atoms with Gasteiger partial charge in [0, 0.05) is 82.3 Å². The number of carbonyl (C=O) groups excluding carboxylic acids is 4. The number of nitrogens with zero attached hydrogens (tertiary/aromatic N) is 4. The Kier molecular flexibility index (Phi) is 9.60. The molecule has 45 heavy (non-hydrogen) atoms. The van der Waals surface area contributed by atoms with E-state index in [1.165, 1.54) is 12.1 Å². The second-order valence-corrected chi connectivity index (χ2v) is 12.3. The molecular weight excluding hydrogens is 579 g/mol. The van der Waals surface area contributed by atoms with E-state index in [-0.39, 0.29) is 30.2 Å². The molecule has 1 atom stereocenters. The zero-order valence-electron chi connectivity index (χ0n) is 25.5. The summed E-state index contributed by atoms with van der Waals surface area (Å²) < 4.78 is 20.3. The summed E-state index contributed by atoms with van der Waals surface area (Å²) in [5.74, 6) is -1.55. The first-order valence-electron chi connectivity index (χ1n) is 16.0. The zero-order valence-corrected chi connectivity index (χ0v) is 25.5. The van der Waals surface area contributed by atoms with Crippen molar-refractivity contribution in [2.75, 3.05) is 81.9 Å². The van der Waals surface area contributed by atoms with Gasteiger partial charge in [-0.2, -0.15) is 0 Å². The van der Waals surface area contributed by atoms with Crippen LogP contribution in [0.4, 0.5) is 15.8 Å². The van der Waals surface area contributed by atoms with Crippen LogP contribution in [0.15, 0.2) is 42.5 Å². The number of ether oxygens (including phenoxy) is 1. The molecule has 4 aliphatic rings. The first-order valence-corrected chi connectivity index (χ1v) is 16.0. The molecule has 0 aliphatic carbocycles. The SMILES string of the molecule is O=C1CC[C@H](NC(=O)c2ccc(N3CCN(CC4CCN(c5ccc(C(=O)N6CCOCC6)cc5)CC4)CC3)cc2F)C(=O)N1. The normalized spacial score (nSPS) is 21.9. The summed E-state index contributed by atoms with van der Waals surface area (Å²) >= 11 is 0. The lowest BCUT2D eigenvalue weighted by atomic mass is 9.95. The van der Waals surface area contributed by atoms with Gasteiger partial charge in [0.2, 0.25) is 11.8 Å². The maximum absolute atomic E-state index is 15.0. The molecule has 4 fully saturated rings. The molecule has 12 heteroatoms. The van der Waals surface area contributed by atoms with Crippen LogP contribution in [0.25, 0.3) is 0 Å². The Morgan fingerprint density at radius 2 is 1.51 bits per heavy atom. The minimum Gasteiger partial charge on any atom is -0.378 e. The topological polar surface area (TPSA) is 115 Å². The highest BCUT2D eigenvalue weighted by Crippen LogP contribution is 2.26. The van der Waals surface area contributed by atoms with Crippen LogP contribution in [0.2, 0.25) is 0 Å². The molecule has 0 bridgehead atoms. The monoisotopic (exact) mass is 620 g/mol. The average Bonchev–Trinajstić information content (AvgIpc) is 3.07. The van der Waals surface area contributed by atoms with Crippen molar-refractivity contribution in [1.29, 1.82) is 0 Å². The highest BCUT2D eigenvalue weighted by atomic mass is 19.1. The van der Waals surface area contributed by atoms with E-state index < -0.39 is 23.7 Å². The number of morpholine rings is 1. The largest absolute Gasteiger partial charge is 0.378 e. The van der Waals surface area contributed by atoms with Crippen molar-refractivity contribution >= 4 is 35.0 Å². The van der Waals surface area contributed by atoms with Crippen LogP contribution in [0, 0.1) is 11.7 Å². The minimum absolute atomic E-state index is 0.0697. The van der Waals surface area contributed by atoms with Crippen molar-refractivity contribution in [3.63, 3.8) is 0 Å². The number of nitrogens with one attached hydrogen (secondary N) is 2. The molecule has 4 heterocycles. The number of benzene rings is 2. The van der Waals surface area contributed by atoms with Gasteiger partial charge in [0.15, 0.2) is 0 Å². The molecule has 0 aromatic heterocycles. The number of carbonyl (C=O) groups is 4. The van der Waals surface area contributed by atoms with Crippen LogP contribution in [0.1, 0.15) is 46.4 Å². The summed E-state index contributed by atoms with van der Waals surface area (Å²) in [6, 6.07) is 11.7. The van der Waals surface area contributed by atoms with Gasteiger partial charge in [0.1, 0.15) is 11.9 Å². The van der Waals surface area contributed by atoms with Gasteiger partial charge in [-0.15, -0.1) is 0 Å². The molecule has 0 radical (unpaired) electrons. The van der Waals surface area contributed by atoms with Crippen molar-refractivity contribution < 1.29 is 28.3 Å². The lowest BCUT2D eigenvalue weighted by Crippen LogP contribution is -2.52. The standard InChI is InChI=1S/C33H41FN6O5/c34-28-21-26(5-6-27(28)31(42)35-29-7-8-30(41)36-32(29)43)39-15-13-37(14-16-39)22-23-9-11-38(12-10-23)25-3-1-24(2-4-25)33(44)40-17-19-45-20-18-40/h1-6,21,23,29H,7-20,22H2,(H,35,42)(H,36,41,43)/t29-/m0/s1. The van der Waals surface area contributed by atoms with Crippen molar-refractivity contribution in [2.24, 2.45) is 5.92 Å². The molecule has 2 N–H and O–H groups in total. The Balaban J connectivity index is 0.933. The van der Waals surface area contributed by atoms with Crippen LogP contribution in [0.5, 0.6) is 0 Å². The number of rotatable bonds is 7. The third-order valence-corrected chi connectivity index (χ3v) is 9.39. The second kappa shape index (κ2) is 13.9. The molecule has 0 saturated carbocycles. The third-order valence-electron chi connectivity index (χ3n) is 9.39. The fourth-order valence-corrected chi connectivity index (χ4v) is 6.64. The van der Waals surface area contributed by atoms with Gasteiger partial charge >= 0.3 is 0 Å². The second-order valence-electron chi connectivity index (χ2n) is 12.3. The lowest BCUT2D eigenvalue weighted by Gasteiger charge is -2.40. The fourth-order valence-electron chi connectivity index (χ4n) is 6.64. The smallest absolute Gasteiger partial charge is 0.254 e. The molecule has 2 aromatic rings. The average molecular weight is 621 g/mol. The van der Waals surface area contributed by atoms with Crippen molar-refractivity contribution in [3.8, 4) is 0 Å². The zero-order chi connectivity index (χ0) is 31.3. The van der Waals surface area contributed by atoms with Gasteiger partial charge in [-0.3, -0.25) is 29.4 Å². The minimum atomic E-state index is -0.848. The van der Waals surface area contributed by atoms with Crippen molar-refractivity contribution in [3.05, 3.63) is 59.4 Å². The van der Waals surface area contributed by atoms with Crippen molar-refractivity contribution in [2.45, 2.75) is 31.7 Å². The molecule has 2 aromatic carbocycles. The summed E-state index contributed by atoms with van der Waals surface area (Å²) in [7, 11) is 0. The molecule has 0 unspecified atom stereocenters. The highest BCUT2D eigenvalue weighted by Gasteiger charge is 2.29. The number of piperidine rings is 2. The summed E-state index contributed by atoms with van der Waals surface area (Å²) in [4.78, 5) is 57.5. The Hall–Kier alpha value is -4.03. The third kappa shape index (κ3) is 7.45. The van der Waals surface area contributed by atoms with E-state index in [1.54, 1.807) is 6.07 Å². The summed E-state index contributed by atoms with van der Waals surface area (Å²) in [5.41, 5.74) is 2.50. The number of hydrogen-bond donors (Lipinski definition) is 2. The van der Waals surface area contributed by atoms with E-state index in [0.29, 0.717) is 32.2 Å². The highest BCUT2D eigenvalue weighted by molar-refractivity contribution is 6.04. The van der Waals surface area contributed by atoms with Gasteiger partial charge in [-0.1, -0.05) is 0 Å². The van der Waals surface area contributed by atoms with E-state index in [1.807, 2.05) is 17.0 Å². The molecule has 240 valence electrons. The Bertz CT molecular complexity index is 1400. The molecular formula is C33H41FN6O5. The van der Waals surface area contributed by atoms with E-state index in [2.05, 4.69) is 37.5 Å². The quantitative estimate of drug-likeness (QED) is 0.452. The molecule has 11 nitrogen and oxygen atoms in total. The lowest BCUT2D eigenvalue weighted by molar-refractivity contribution is -0.134. The summed E-state index contributed by atoms with van der Waals surface area (Å²) in [6.07, 6.45) is 2.56. The van der Waals surface area contributed by atoms with Gasteiger partial charge in [-0.05, 0) is 67.6 Å². The van der Waals surface area contributed by atoms with Gasteiger partial charge in [0.05, 0.1) is 18.8 Å². The fraction of sp³-hybridized carbons (Fsp3) is 0.515. The Morgan fingerprint density at radius 3 is 2.18 bits per heavy atom. The van der Waals surface area contributed by atoms with Crippen LogP contribution < -0.4 is 20.4 Å². The maximum Gasteiger partial charge on any atom is 0.254 e. The van der Waals surface area contributed by atoms with E-state index >= 15 is 0 Å². The number of amides is 4. The molecule has 4 aliphatic heterocycles. The molecule has 0 spiro atoms. The van der Waals surface area contributed by atoms with Gasteiger partial charge in [-0.25, -0.2) is 4.39 Å². The summed E-state index contributed by atoms with van der Waals surface area (Å²) in [5, 5.41) is 4.73. The van der Waals surface area contributed by atoms with Crippen molar-refractivity contribution in [1.82, 2.24) is 20.4 Å². The number of halogens is 1. The van der Waals surface area contributed by atoms with E-state index in [4.69, 9.17) is 4.74 Å². The first kappa shape index (κ1) is 31.0. The van der Waals surface area contributed by atoms with Crippen LogP contribution in [-0.4, -0.2) is 112 Å². The first-order chi connectivity index (χ1) is 21.8. The van der Waals surface area contributed by atoms with E-state index in [9.17, 15) is 23.6 Å². The molecule has 4 saturated heterocycles. The number of imide groups is 1. The van der Waals surface area contributed by atoms with E-state index in [0.717, 1.165) is 75.6 Å². The van der Waals surface area contributed by atoms with Crippen LogP contribution in [0.3, 0.4) is 0 Å². The van der Waals surface area contributed by atoms with Crippen LogP contribution in [-0.2, 0) is 14.3 Å². The predicted octanol–water partition coefficient (Wildman–Crippen LogP) is 1.87. The maximum atomic E-state index is 15.0. The summed E-state index contributed by atoms with van der Waals surface area (Å²) in [6.45, 7) is 8.83. The van der Waals surface area contributed by atoms with Gasteiger partial charge < -0.3 is 24.8 Å². The Labute approximate surface area is 262 Å². The van der Waals surface area contributed by atoms with Gasteiger partial charge in [0.25, 0.3) is 11.8 Å². The molecule has 4 amide bonds. The predicted molar refractivity (Wildman–Crippen MR) is 167 cm³/mol. The van der Waals surface area contributed by atoms with Crippen LogP contribution >= 0.6 is 0 Å². The number of anilines is 2. The Morgan fingerprint density at radius 1 is 0.844 bits per heavy atom. The number of hydrogen-bond acceptors (Lipinski definition) is 8. The molecule has 6 rings (SSSR count). The number of piperazine rings is 1.